The summed E-state index contributed by atoms with van der Waals surface area (Å²) in [5.41, 5.74) is 4.60. The molecular weight excluding hydrogens is 542 g/mol. The van der Waals surface area contributed by atoms with Crippen LogP contribution in [0.15, 0.2) is 58.9 Å². The van der Waals surface area contributed by atoms with E-state index in [2.05, 4.69) is 32.6 Å². The topological polar surface area (TPSA) is 93.1 Å². The Morgan fingerprint density at radius 2 is 1.49 bits per heavy atom. The van der Waals surface area contributed by atoms with E-state index in [1.54, 1.807) is 18.2 Å². The van der Waals surface area contributed by atoms with Crippen molar-refractivity contribution < 1.29 is 29.0 Å². The molecule has 0 radical (unpaired) electrons. The molecule has 216 valence electrons. The molecule has 5 rings (SSSR count). The predicted octanol–water partition coefficient (Wildman–Crippen LogP) is 6.94. The first-order valence-electron chi connectivity index (χ1n) is 13.8. The number of carboxylic acid groups (broad SMARTS) is 1. The van der Waals surface area contributed by atoms with Crippen LogP contribution in [0, 0.1) is 10.8 Å². The Hall–Kier alpha value is -3.58. The first kappa shape index (κ1) is 28.9. The average molecular weight is 578 g/mol. The maximum atomic E-state index is 13.8. The van der Waals surface area contributed by atoms with Crippen LogP contribution in [0.4, 0.5) is 0 Å². The van der Waals surface area contributed by atoms with E-state index < -0.39 is 11.9 Å². The lowest BCUT2D eigenvalue weighted by molar-refractivity contribution is -0.119. The van der Waals surface area contributed by atoms with E-state index in [1.807, 2.05) is 13.1 Å². The third-order valence-corrected chi connectivity index (χ3v) is 8.63. The van der Waals surface area contributed by atoms with E-state index in [-0.39, 0.29) is 34.6 Å². The summed E-state index contributed by atoms with van der Waals surface area (Å²) in [6, 6.07) is 10.0. The molecule has 0 unspecified atom stereocenters. The van der Waals surface area contributed by atoms with E-state index >= 15 is 0 Å². The standard InChI is InChI=1S/C33H36ClNO6/c1-32(2)13-22-28(24(36)15-32)27(29-23(35(22)5)14-33(3,4)16-25(29)37)20-11-21(34)30(26(12-20)40-6)41-17-18-7-9-19(10-8-18)31(38)39/h7-12,27H,13-17H2,1-6H3,(H,38,39). The second-order valence-electron chi connectivity index (χ2n) is 12.9. The lowest BCUT2D eigenvalue weighted by Gasteiger charge is -2.48. The molecule has 1 aliphatic heterocycles. The van der Waals surface area contributed by atoms with E-state index in [1.165, 1.54) is 19.2 Å². The summed E-state index contributed by atoms with van der Waals surface area (Å²) in [7, 11) is 3.51. The molecule has 0 atom stereocenters. The Labute approximate surface area is 245 Å². The molecule has 0 fully saturated rings. The van der Waals surface area contributed by atoms with Gasteiger partial charge in [-0.3, -0.25) is 9.59 Å². The average Bonchev–Trinajstić information content (AvgIpc) is 2.88. The number of hydrogen-bond acceptors (Lipinski definition) is 6. The molecular formula is C33H36ClNO6. The van der Waals surface area contributed by atoms with Gasteiger partial charge in [0.1, 0.15) is 6.61 Å². The van der Waals surface area contributed by atoms with Gasteiger partial charge in [0.15, 0.2) is 23.1 Å². The molecule has 0 aromatic heterocycles. The van der Waals surface area contributed by atoms with Gasteiger partial charge in [-0.05, 0) is 59.1 Å². The first-order valence-corrected chi connectivity index (χ1v) is 14.2. The van der Waals surface area contributed by atoms with E-state index in [9.17, 15) is 14.4 Å². The molecule has 0 spiro atoms. The third-order valence-electron chi connectivity index (χ3n) is 8.35. The van der Waals surface area contributed by atoms with Crippen LogP contribution >= 0.6 is 11.6 Å². The van der Waals surface area contributed by atoms with Crippen LogP contribution < -0.4 is 9.47 Å². The number of methoxy groups -OCH3 is 1. The first-order chi connectivity index (χ1) is 19.2. The number of benzene rings is 2. The van der Waals surface area contributed by atoms with Crippen LogP contribution in [0.3, 0.4) is 0 Å². The van der Waals surface area contributed by atoms with Crippen LogP contribution in [0.1, 0.15) is 80.8 Å². The zero-order chi connectivity index (χ0) is 29.9. The summed E-state index contributed by atoms with van der Waals surface area (Å²) >= 11 is 6.81. The smallest absolute Gasteiger partial charge is 0.335 e. The molecule has 0 amide bonds. The quantitative estimate of drug-likeness (QED) is 0.397. The maximum Gasteiger partial charge on any atom is 0.335 e. The number of rotatable bonds is 6. The van der Waals surface area contributed by atoms with Gasteiger partial charge >= 0.3 is 5.97 Å². The highest BCUT2D eigenvalue weighted by Gasteiger charge is 2.48. The van der Waals surface area contributed by atoms with E-state index in [4.69, 9.17) is 26.2 Å². The summed E-state index contributed by atoms with van der Waals surface area (Å²) in [4.78, 5) is 40.8. The Morgan fingerprint density at radius 3 is 1.98 bits per heavy atom. The van der Waals surface area contributed by atoms with Crippen molar-refractivity contribution in [2.45, 2.75) is 65.9 Å². The Bertz CT molecular complexity index is 1460. The van der Waals surface area contributed by atoms with Gasteiger partial charge in [-0.2, -0.15) is 0 Å². The highest BCUT2D eigenvalue weighted by Crippen LogP contribution is 2.55. The molecule has 2 aromatic carbocycles. The van der Waals surface area contributed by atoms with Gasteiger partial charge in [0, 0.05) is 48.3 Å². The largest absolute Gasteiger partial charge is 0.493 e. The van der Waals surface area contributed by atoms with Crippen molar-refractivity contribution in [2.75, 3.05) is 14.2 Å². The van der Waals surface area contributed by atoms with Crippen molar-refractivity contribution in [3.8, 4) is 11.5 Å². The number of carbonyl (C=O) groups excluding carboxylic acids is 2. The van der Waals surface area contributed by atoms with Gasteiger partial charge in [0.2, 0.25) is 0 Å². The lowest BCUT2D eigenvalue weighted by Crippen LogP contribution is -2.43. The fourth-order valence-electron chi connectivity index (χ4n) is 6.44. The molecule has 7 nitrogen and oxygen atoms in total. The number of ketones is 2. The zero-order valence-electron chi connectivity index (χ0n) is 24.4. The van der Waals surface area contributed by atoms with Crippen molar-refractivity contribution in [1.29, 1.82) is 0 Å². The predicted molar refractivity (Wildman–Crippen MR) is 156 cm³/mol. The van der Waals surface area contributed by atoms with Crippen molar-refractivity contribution in [1.82, 2.24) is 4.90 Å². The van der Waals surface area contributed by atoms with Gasteiger partial charge in [0.05, 0.1) is 17.7 Å². The SMILES string of the molecule is COc1cc(C2C3=C(CC(C)(C)CC3=O)N(C)C3=C2C(=O)CC(C)(C)C3)cc(Cl)c1OCc1ccc(C(=O)O)cc1. The number of halogens is 1. The van der Waals surface area contributed by atoms with Crippen LogP contribution in [0.5, 0.6) is 11.5 Å². The molecule has 41 heavy (non-hydrogen) atoms. The minimum Gasteiger partial charge on any atom is -0.493 e. The third kappa shape index (κ3) is 5.40. The van der Waals surface area contributed by atoms with Crippen molar-refractivity contribution in [2.24, 2.45) is 10.8 Å². The van der Waals surface area contributed by atoms with Crippen LogP contribution in [-0.2, 0) is 16.2 Å². The number of aromatic carboxylic acids is 1. The number of carbonyl (C=O) groups is 3. The minimum absolute atomic E-state index is 0.0532. The molecule has 0 saturated heterocycles. The van der Waals surface area contributed by atoms with Gasteiger partial charge in [-0.1, -0.05) is 51.4 Å². The fraction of sp³-hybridized carbons (Fsp3) is 0.424. The number of allylic oxidation sites excluding steroid dienone is 4. The van der Waals surface area contributed by atoms with E-state index in [0.717, 1.165) is 35.4 Å². The fourth-order valence-corrected chi connectivity index (χ4v) is 6.72. The monoisotopic (exact) mass is 577 g/mol. The summed E-state index contributed by atoms with van der Waals surface area (Å²) in [6.45, 7) is 8.59. The molecule has 1 heterocycles. The molecule has 0 bridgehead atoms. The van der Waals surface area contributed by atoms with Crippen molar-refractivity contribution in [3.63, 3.8) is 0 Å². The summed E-state index contributed by atoms with van der Waals surface area (Å²) in [5, 5.41) is 9.45. The molecule has 8 heteroatoms. The lowest BCUT2D eigenvalue weighted by atomic mass is 9.63. The molecule has 2 aliphatic carbocycles. The Morgan fingerprint density at radius 1 is 0.951 bits per heavy atom. The van der Waals surface area contributed by atoms with Crippen molar-refractivity contribution >= 4 is 29.1 Å². The van der Waals surface area contributed by atoms with Gasteiger partial charge in [-0.15, -0.1) is 0 Å². The number of nitrogens with zero attached hydrogens (tertiary/aromatic N) is 1. The molecule has 0 saturated carbocycles. The number of hydrogen-bond donors (Lipinski definition) is 1. The Balaban J connectivity index is 1.58. The van der Waals surface area contributed by atoms with Crippen molar-refractivity contribution in [3.05, 3.63) is 80.7 Å². The summed E-state index contributed by atoms with van der Waals surface area (Å²) in [6.07, 6.45) is 2.29. The molecule has 3 aliphatic rings. The molecule has 1 N–H and O–H groups in total. The van der Waals surface area contributed by atoms with Crippen LogP contribution in [0.2, 0.25) is 5.02 Å². The maximum absolute atomic E-state index is 13.8. The van der Waals surface area contributed by atoms with Gasteiger partial charge in [0.25, 0.3) is 0 Å². The highest BCUT2D eigenvalue weighted by molar-refractivity contribution is 6.32. The second kappa shape index (κ2) is 10.4. The van der Waals surface area contributed by atoms with Crippen LogP contribution in [-0.4, -0.2) is 41.7 Å². The van der Waals surface area contributed by atoms with Gasteiger partial charge < -0.3 is 19.5 Å². The Kier molecular flexibility index (Phi) is 7.31. The normalized spacial score (nSPS) is 20.1. The molecule has 2 aromatic rings. The highest BCUT2D eigenvalue weighted by atomic mass is 35.5. The summed E-state index contributed by atoms with van der Waals surface area (Å²) < 4.78 is 11.8. The summed E-state index contributed by atoms with van der Waals surface area (Å²) in [5.74, 6) is -0.695. The van der Waals surface area contributed by atoms with E-state index in [0.29, 0.717) is 40.5 Å². The van der Waals surface area contributed by atoms with Crippen LogP contribution in [0.25, 0.3) is 0 Å². The number of Topliss-reactive ketones (excluding diaryl/α,β-unsaturated/α-hetero) is 2. The minimum atomic E-state index is -0.997. The second-order valence-corrected chi connectivity index (χ2v) is 13.3. The number of ether oxygens (including phenoxy) is 2. The zero-order valence-corrected chi connectivity index (χ0v) is 25.1. The van der Waals surface area contributed by atoms with Gasteiger partial charge in [-0.25, -0.2) is 4.79 Å². The number of carboxylic acids is 1.